The van der Waals surface area contributed by atoms with Crippen molar-refractivity contribution in [2.45, 2.75) is 58.1 Å². The van der Waals surface area contributed by atoms with Crippen LogP contribution in [-0.4, -0.2) is 46.6 Å². The van der Waals surface area contributed by atoms with E-state index in [1.54, 1.807) is 23.2 Å². The van der Waals surface area contributed by atoms with Crippen LogP contribution in [0.5, 0.6) is 0 Å². The minimum atomic E-state index is -0.505. The maximum atomic E-state index is 12.3. The SMILES string of the molecule is CC(C)(C)OC(=O)N1CCC(NC(=O)CCc2ncc(-c3ccc(Cl)cc3)o2)CC1. The van der Waals surface area contributed by atoms with Crippen molar-refractivity contribution < 1.29 is 18.7 Å². The van der Waals surface area contributed by atoms with Gasteiger partial charge in [-0.2, -0.15) is 0 Å². The number of hydrogen-bond acceptors (Lipinski definition) is 5. The summed E-state index contributed by atoms with van der Waals surface area (Å²) in [5.74, 6) is 1.13. The Bertz CT molecular complexity index is 865. The van der Waals surface area contributed by atoms with E-state index in [1.165, 1.54) is 0 Å². The lowest BCUT2D eigenvalue weighted by Gasteiger charge is -2.33. The molecule has 7 nitrogen and oxygen atoms in total. The predicted octanol–water partition coefficient (Wildman–Crippen LogP) is 4.44. The summed E-state index contributed by atoms with van der Waals surface area (Å²) in [5.41, 5.74) is 0.384. The molecule has 0 aliphatic carbocycles. The lowest BCUT2D eigenvalue weighted by molar-refractivity contribution is -0.122. The van der Waals surface area contributed by atoms with Crippen molar-refractivity contribution in [1.82, 2.24) is 15.2 Å². The maximum absolute atomic E-state index is 12.3. The number of amides is 2. The number of oxazole rings is 1. The lowest BCUT2D eigenvalue weighted by Crippen LogP contribution is -2.47. The highest BCUT2D eigenvalue weighted by Gasteiger charge is 2.27. The summed E-state index contributed by atoms with van der Waals surface area (Å²) in [5, 5.41) is 3.70. The van der Waals surface area contributed by atoms with E-state index in [2.05, 4.69) is 10.3 Å². The van der Waals surface area contributed by atoms with Gasteiger partial charge in [0.1, 0.15) is 5.60 Å². The second-order valence-corrected chi connectivity index (χ2v) is 8.87. The molecule has 0 atom stereocenters. The Morgan fingerprint density at radius 2 is 1.90 bits per heavy atom. The van der Waals surface area contributed by atoms with Crippen molar-refractivity contribution in [3.8, 4) is 11.3 Å². The van der Waals surface area contributed by atoms with Crippen molar-refractivity contribution >= 4 is 23.6 Å². The number of rotatable bonds is 5. The minimum absolute atomic E-state index is 0.0445. The van der Waals surface area contributed by atoms with Crippen LogP contribution >= 0.6 is 11.6 Å². The quantitative estimate of drug-likeness (QED) is 0.753. The van der Waals surface area contributed by atoms with Crippen LogP contribution in [0.25, 0.3) is 11.3 Å². The molecule has 1 aliphatic heterocycles. The molecule has 1 saturated heterocycles. The first-order chi connectivity index (χ1) is 14.2. The zero-order chi connectivity index (χ0) is 21.7. The maximum Gasteiger partial charge on any atom is 0.410 e. The smallest absolute Gasteiger partial charge is 0.410 e. The van der Waals surface area contributed by atoms with Crippen LogP contribution in [0.2, 0.25) is 5.02 Å². The summed E-state index contributed by atoms with van der Waals surface area (Å²) in [6, 6.07) is 7.37. The number of benzene rings is 1. The van der Waals surface area contributed by atoms with E-state index in [0.717, 1.165) is 5.56 Å². The summed E-state index contributed by atoms with van der Waals surface area (Å²) in [6.45, 7) is 6.70. The van der Waals surface area contributed by atoms with Crippen LogP contribution in [0.1, 0.15) is 45.9 Å². The molecule has 0 bridgehead atoms. The summed E-state index contributed by atoms with van der Waals surface area (Å²) >= 11 is 5.90. The van der Waals surface area contributed by atoms with Crippen molar-refractivity contribution in [2.75, 3.05) is 13.1 Å². The van der Waals surface area contributed by atoms with Gasteiger partial charge in [0.15, 0.2) is 11.7 Å². The topological polar surface area (TPSA) is 84.7 Å². The molecule has 0 spiro atoms. The normalized spacial score (nSPS) is 15.1. The monoisotopic (exact) mass is 433 g/mol. The Morgan fingerprint density at radius 3 is 2.53 bits per heavy atom. The number of halogens is 1. The number of piperidine rings is 1. The van der Waals surface area contributed by atoms with E-state index in [-0.39, 0.29) is 18.0 Å². The van der Waals surface area contributed by atoms with Crippen LogP contribution in [0.15, 0.2) is 34.9 Å². The molecule has 1 N–H and O–H groups in total. The molecule has 0 saturated carbocycles. The fourth-order valence-electron chi connectivity index (χ4n) is 3.23. The molecule has 2 heterocycles. The van der Waals surface area contributed by atoms with E-state index >= 15 is 0 Å². The first-order valence-electron chi connectivity index (χ1n) is 10.2. The number of nitrogens with zero attached hydrogens (tertiary/aromatic N) is 2. The Kier molecular flexibility index (Phi) is 7.02. The third kappa shape index (κ3) is 6.49. The molecule has 162 valence electrons. The molecule has 2 amide bonds. The van der Waals surface area contributed by atoms with Crippen molar-refractivity contribution in [2.24, 2.45) is 0 Å². The van der Waals surface area contributed by atoms with Gasteiger partial charge in [-0.15, -0.1) is 0 Å². The first-order valence-corrected chi connectivity index (χ1v) is 10.6. The number of carbonyl (C=O) groups excluding carboxylic acids is 2. The molecule has 1 fully saturated rings. The average molecular weight is 434 g/mol. The van der Waals surface area contributed by atoms with Crippen molar-refractivity contribution in [3.63, 3.8) is 0 Å². The Labute approximate surface area is 181 Å². The van der Waals surface area contributed by atoms with Gasteiger partial charge in [0, 0.05) is 42.6 Å². The zero-order valence-corrected chi connectivity index (χ0v) is 18.4. The van der Waals surface area contributed by atoms with Crippen molar-refractivity contribution in [3.05, 3.63) is 41.4 Å². The molecule has 3 rings (SSSR count). The molecular weight excluding hydrogens is 406 g/mol. The lowest BCUT2D eigenvalue weighted by atomic mass is 10.1. The summed E-state index contributed by atoms with van der Waals surface area (Å²) in [4.78, 5) is 30.4. The van der Waals surface area contributed by atoms with E-state index in [0.29, 0.717) is 55.4 Å². The fraction of sp³-hybridized carbons (Fsp3) is 0.500. The number of aromatic nitrogens is 1. The molecule has 0 unspecified atom stereocenters. The van der Waals surface area contributed by atoms with Gasteiger partial charge in [-0.25, -0.2) is 9.78 Å². The van der Waals surface area contributed by atoms with E-state index < -0.39 is 5.60 Å². The van der Waals surface area contributed by atoms with Gasteiger partial charge in [0.2, 0.25) is 5.91 Å². The standard InChI is InChI=1S/C22H28ClN3O4/c1-22(2,3)30-21(28)26-12-10-17(11-13-26)25-19(27)8-9-20-24-14-18(29-20)15-4-6-16(23)7-5-15/h4-7,14,17H,8-13H2,1-3H3,(H,25,27). The van der Waals surface area contributed by atoms with Crippen LogP contribution < -0.4 is 5.32 Å². The molecule has 30 heavy (non-hydrogen) atoms. The number of nitrogens with one attached hydrogen (secondary N) is 1. The predicted molar refractivity (Wildman–Crippen MR) is 114 cm³/mol. The van der Waals surface area contributed by atoms with E-state index in [4.69, 9.17) is 20.8 Å². The van der Waals surface area contributed by atoms with E-state index in [1.807, 2.05) is 32.9 Å². The third-order valence-corrected chi connectivity index (χ3v) is 5.01. The second kappa shape index (κ2) is 9.51. The van der Waals surface area contributed by atoms with Crippen LogP contribution in [0.4, 0.5) is 4.79 Å². The summed E-state index contributed by atoms with van der Waals surface area (Å²) in [7, 11) is 0. The number of carbonyl (C=O) groups is 2. The summed E-state index contributed by atoms with van der Waals surface area (Å²) < 4.78 is 11.1. The van der Waals surface area contributed by atoms with Gasteiger partial charge in [-0.3, -0.25) is 4.79 Å². The molecule has 0 radical (unpaired) electrons. The highest BCUT2D eigenvalue weighted by Crippen LogP contribution is 2.23. The van der Waals surface area contributed by atoms with Gasteiger partial charge in [-0.1, -0.05) is 11.6 Å². The molecule has 8 heteroatoms. The Morgan fingerprint density at radius 1 is 1.23 bits per heavy atom. The molecule has 1 aliphatic rings. The fourth-order valence-corrected chi connectivity index (χ4v) is 3.35. The van der Waals surface area contributed by atoms with Gasteiger partial charge in [0.25, 0.3) is 0 Å². The molecular formula is C22H28ClN3O4. The molecule has 2 aromatic rings. The van der Waals surface area contributed by atoms with E-state index in [9.17, 15) is 9.59 Å². The Hall–Kier alpha value is -2.54. The number of ether oxygens (including phenoxy) is 1. The average Bonchev–Trinajstić information content (AvgIpc) is 3.15. The van der Waals surface area contributed by atoms with Crippen LogP contribution in [0, 0.1) is 0 Å². The van der Waals surface area contributed by atoms with Gasteiger partial charge < -0.3 is 19.4 Å². The summed E-state index contributed by atoms with van der Waals surface area (Å²) in [6.07, 6.45) is 3.51. The Balaban J connectivity index is 1.41. The van der Waals surface area contributed by atoms with Crippen molar-refractivity contribution in [1.29, 1.82) is 0 Å². The number of likely N-dealkylation sites (tertiary alicyclic amines) is 1. The second-order valence-electron chi connectivity index (χ2n) is 8.43. The number of aryl methyl sites for hydroxylation is 1. The zero-order valence-electron chi connectivity index (χ0n) is 17.6. The van der Waals surface area contributed by atoms with Gasteiger partial charge >= 0.3 is 6.09 Å². The van der Waals surface area contributed by atoms with Gasteiger partial charge in [-0.05, 0) is 57.9 Å². The minimum Gasteiger partial charge on any atom is -0.444 e. The number of hydrogen-bond donors (Lipinski definition) is 1. The molecule has 1 aromatic heterocycles. The van der Waals surface area contributed by atoms with Crippen LogP contribution in [-0.2, 0) is 16.0 Å². The highest BCUT2D eigenvalue weighted by atomic mass is 35.5. The third-order valence-electron chi connectivity index (χ3n) is 4.76. The first kappa shape index (κ1) is 22.2. The van der Waals surface area contributed by atoms with Crippen LogP contribution in [0.3, 0.4) is 0 Å². The molecule has 1 aromatic carbocycles. The largest absolute Gasteiger partial charge is 0.444 e. The van der Waals surface area contributed by atoms with Gasteiger partial charge in [0.05, 0.1) is 6.20 Å². The highest BCUT2D eigenvalue weighted by molar-refractivity contribution is 6.30.